The van der Waals surface area contributed by atoms with E-state index >= 15 is 0 Å². The molecule has 0 aliphatic heterocycles. The fourth-order valence-corrected chi connectivity index (χ4v) is 0.743. The van der Waals surface area contributed by atoms with Gasteiger partial charge in [0.2, 0.25) is 0 Å². The molecule has 0 aliphatic carbocycles. The standard InChI is InChI=1S/C4H2BrClN2O/c5-2-1-7-3(6)4(9)8-2/h1H,(H,8,9). The molecule has 1 aromatic rings. The van der Waals surface area contributed by atoms with Gasteiger partial charge in [0.15, 0.2) is 5.15 Å². The summed E-state index contributed by atoms with van der Waals surface area (Å²) in [5.74, 6) is 0. The molecule has 0 bridgehead atoms. The van der Waals surface area contributed by atoms with Crippen molar-refractivity contribution in [1.82, 2.24) is 9.97 Å². The highest BCUT2D eigenvalue weighted by atomic mass is 79.9. The van der Waals surface area contributed by atoms with Gasteiger partial charge in [-0.15, -0.1) is 0 Å². The second-order valence-corrected chi connectivity index (χ2v) is 2.56. The van der Waals surface area contributed by atoms with E-state index in [1.807, 2.05) is 0 Å². The van der Waals surface area contributed by atoms with Crippen LogP contribution in [-0.2, 0) is 0 Å². The summed E-state index contributed by atoms with van der Waals surface area (Å²) < 4.78 is 0.525. The Kier molecular flexibility index (Phi) is 1.87. The topological polar surface area (TPSA) is 45.8 Å². The summed E-state index contributed by atoms with van der Waals surface area (Å²) in [6, 6.07) is 0. The predicted molar refractivity (Wildman–Crippen MR) is 37.6 cm³/mol. The Morgan fingerprint density at radius 2 is 2.44 bits per heavy atom. The van der Waals surface area contributed by atoms with Gasteiger partial charge in [-0.25, -0.2) is 4.98 Å². The maximum atomic E-state index is 10.6. The Morgan fingerprint density at radius 1 is 1.78 bits per heavy atom. The highest BCUT2D eigenvalue weighted by molar-refractivity contribution is 9.10. The first kappa shape index (κ1) is 6.77. The monoisotopic (exact) mass is 208 g/mol. The number of aromatic nitrogens is 2. The quantitative estimate of drug-likeness (QED) is 0.697. The molecule has 1 heterocycles. The van der Waals surface area contributed by atoms with Crippen molar-refractivity contribution in [3.63, 3.8) is 0 Å². The van der Waals surface area contributed by atoms with Crippen molar-refractivity contribution < 1.29 is 0 Å². The normalized spacial score (nSPS) is 9.56. The van der Waals surface area contributed by atoms with Crippen molar-refractivity contribution in [3.05, 3.63) is 26.3 Å². The van der Waals surface area contributed by atoms with Crippen molar-refractivity contribution >= 4 is 27.5 Å². The van der Waals surface area contributed by atoms with Crippen LogP contribution < -0.4 is 5.56 Å². The molecule has 9 heavy (non-hydrogen) atoms. The summed E-state index contributed by atoms with van der Waals surface area (Å²) >= 11 is 8.32. The third kappa shape index (κ3) is 1.53. The molecule has 0 spiro atoms. The molecule has 0 saturated heterocycles. The van der Waals surface area contributed by atoms with Gasteiger partial charge in [-0.05, 0) is 15.9 Å². The van der Waals surface area contributed by atoms with Crippen LogP contribution >= 0.6 is 27.5 Å². The molecule has 1 aromatic heterocycles. The van der Waals surface area contributed by atoms with E-state index in [2.05, 4.69) is 25.9 Å². The minimum atomic E-state index is -0.383. The SMILES string of the molecule is O=c1[nH]c(Br)cnc1Cl. The number of hydrogen-bond acceptors (Lipinski definition) is 2. The summed E-state index contributed by atoms with van der Waals surface area (Å²) in [6.45, 7) is 0. The third-order valence-electron chi connectivity index (χ3n) is 0.712. The van der Waals surface area contributed by atoms with E-state index in [1.165, 1.54) is 6.20 Å². The van der Waals surface area contributed by atoms with Gasteiger partial charge in [-0.3, -0.25) is 4.79 Å². The molecule has 0 radical (unpaired) electrons. The zero-order valence-corrected chi connectivity index (χ0v) is 6.53. The summed E-state index contributed by atoms with van der Waals surface area (Å²) in [5, 5.41) is -0.0433. The first-order valence-corrected chi connectivity index (χ1v) is 3.27. The maximum absolute atomic E-state index is 10.6. The lowest BCUT2D eigenvalue weighted by molar-refractivity contribution is 1.11. The Morgan fingerprint density at radius 3 is 2.89 bits per heavy atom. The van der Waals surface area contributed by atoms with Gasteiger partial charge in [-0.1, -0.05) is 11.6 Å². The van der Waals surface area contributed by atoms with Gasteiger partial charge in [0, 0.05) is 0 Å². The smallest absolute Gasteiger partial charge is 0.286 e. The molecule has 0 aliphatic rings. The van der Waals surface area contributed by atoms with Gasteiger partial charge in [0.25, 0.3) is 5.56 Å². The maximum Gasteiger partial charge on any atom is 0.286 e. The van der Waals surface area contributed by atoms with E-state index in [4.69, 9.17) is 11.6 Å². The fraction of sp³-hybridized carbons (Fsp3) is 0. The Bertz CT molecular complexity index is 272. The van der Waals surface area contributed by atoms with Crippen LogP contribution in [0.3, 0.4) is 0 Å². The first-order valence-electron chi connectivity index (χ1n) is 2.10. The number of nitrogens with one attached hydrogen (secondary N) is 1. The van der Waals surface area contributed by atoms with Crippen molar-refractivity contribution in [2.24, 2.45) is 0 Å². The molecule has 3 nitrogen and oxygen atoms in total. The number of halogens is 2. The molecule has 5 heteroatoms. The molecule has 0 unspecified atom stereocenters. The minimum absolute atomic E-state index is 0.0433. The lowest BCUT2D eigenvalue weighted by Gasteiger charge is -1.86. The van der Waals surface area contributed by atoms with Gasteiger partial charge >= 0.3 is 0 Å². The summed E-state index contributed by atoms with van der Waals surface area (Å²) in [6.07, 6.45) is 1.42. The number of rotatable bonds is 0. The van der Waals surface area contributed by atoms with Crippen molar-refractivity contribution in [1.29, 1.82) is 0 Å². The van der Waals surface area contributed by atoms with Crippen LogP contribution in [0.15, 0.2) is 15.6 Å². The lowest BCUT2D eigenvalue weighted by Crippen LogP contribution is -2.07. The van der Waals surface area contributed by atoms with Crippen LogP contribution in [0.5, 0.6) is 0 Å². The minimum Gasteiger partial charge on any atom is -0.313 e. The van der Waals surface area contributed by atoms with E-state index in [-0.39, 0.29) is 10.7 Å². The van der Waals surface area contributed by atoms with E-state index in [0.717, 1.165) is 0 Å². The van der Waals surface area contributed by atoms with Crippen molar-refractivity contribution in [2.75, 3.05) is 0 Å². The van der Waals surface area contributed by atoms with Crippen LogP contribution in [-0.4, -0.2) is 9.97 Å². The van der Waals surface area contributed by atoms with Crippen molar-refractivity contribution in [2.45, 2.75) is 0 Å². The van der Waals surface area contributed by atoms with Gasteiger partial charge in [0.1, 0.15) is 4.60 Å². The molecule has 1 rings (SSSR count). The highest BCUT2D eigenvalue weighted by Crippen LogP contribution is 2.00. The van der Waals surface area contributed by atoms with Crippen molar-refractivity contribution in [3.8, 4) is 0 Å². The van der Waals surface area contributed by atoms with Gasteiger partial charge in [0.05, 0.1) is 6.20 Å². The summed E-state index contributed by atoms with van der Waals surface area (Å²) in [7, 11) is 0. The molecule has 0 amide bonds. The van der Waals surface area contributed by atoms with Crippen LogP contribution in [0.2, 0.25) is 5.15 Å². The molecule has 0 atom stereocenters. The first-order chi connectivity index (χ1) is 4.20. The van der Waals surface area contributed by atoms with Crippen LogP contribution in [0.1, 0.15) is 0 Å². The molecule has 0 saturated carbocycles. The third-order valence-corrected chi connectivity index (χ3v) is 1.38. The zero-order chi connectivity index (χ0) is 6.85. The number of H-pyrrole nitrogens is 1. The summed E-state index contributed by atoms with van der Waals surface area (Å²) in [4.78, 5) is 16.5. The fourth-order valence-electron chi connectivity index (χ4n) is 0.364. The molecule has 0 fully saturated rings. The van der Waals surface area contributed by atoms with E-state index in [1.54, 1.807) is 0 Å². The Labute approximate surface area is 64.2 Å². The number of nitrogens with zero attached hydrogens (tertiary/aromatic N) is 1. The van der Waals surface area contributed by atoms with Crippen LogP contribution in [0, 0.1) is 0 Å². The Hall–Kier alpha value is -0.350. The molecule has 1 N–H and O–H groups in total. The van der Waals surface area contributed by atoms with Gasteiger partial charge in [-0.2, -0.15) is 0 Å². The number of aromatic amines is 1. The largest absolute Gasteiger partial charge is 0.313 e. The van der Waals surface area contributed by atoms with E-state index < -0.39 is 0 Å². The van der Waals surface area contributed by atoms with E-state index in [9.17, 15) is 4.79 Å². The molecular weight excluding hydrogens is 207 g/mol. The average molecular weight is 209 g/mol. The second-order valence-electron chi connectivity index (χ2n) is 1.35. The van der Waals surface area contributed by atoms with Crippen LogP contribution in [0.4, 0.5) is 0 Å². The predicted octanol–water partition coefficient (Wildman–Crippen LogP) is 1.19. The lowest BCUT2D eigenvalue weighted by atomic mass is 10.7. The summed E-state index contributed by atoms with van der Waals surface area (Å²) in [5.41, 5.74) is -0.383. The molecule has 48 valence electrons. The van der Waals surface area contributed by atoms with Gasteiger partial charge < -0.3 is 4.98 Å². The van der Waals surface area contributed by atoms with E-state index in [0.29, 0.717) is 4.60 Å². The zero-order valence-electron chi connectivity index (χ0n) is 4.19. The number of hydrogen-bond donors (Lipinski definition) is 1. The highest BCUT2D eigenvalue weighted by Gasteiger charge is 1.94. The average Bonchev–Trinajstić information content (AvgIpc) is 1.80. The molecular formula is C4H2BrClN2O. The molecule has 0 aromatic carbocycles. The second kappa shape index (κ2) is 2.49. The Balaban J connectivity index is 3.34. The van der Waals surface area contributed by atoms with Crippen LogP contribution in [0.25, 0.3) is 0 Å².